The molecule has 3 heterocycles. The van der Waals surface area contributed by atoms with E-state index < -0.39 is 124 Å². The molecule has 634 valence electrons. The number of aliphatic hydroxyl groups excluding tert-OH is 11. The first-order valence-corrected chi connectivity index (χ1v) is 45.4. The number of carbonyl (C=O) groups is 1. The van der Waals surface area contributed by atoms with E-state index in [9.17, 15) is 61.0 Å². The summed E-state index contributed by atoms with van der Waals surface area (Å²) in [6.45, 7) is 1.87. The number of carbonyl (C=O) groups excluding carboxylic acids is 1. The molecular formula is C88H169NO18. The maximum atomic E-state index is 13.5. The monoisotopic (exact) mass is 1530 g/mol. The summed E-state index contributed by atoms with van der Waals surface area (Å²) in [4.78, 5) is 13.5. The summed E-state index contributed by atoms with van der Waals surface area (Å²) in [5.74, 6) is -0.232. The number of unbranched alkanes of at least 4 members (excludes halogenated alkanes) is 57. The van der Waals surface area contributed by atoms with Crippen LogP contribution in [-0.4, -0.2) is 193 Å². The van der Waals surface area contributed by atoms with Gasteiger partial charge in [-0.1, -0.05) is 379 Å². The summed E-state index contributed by atoms with van der Waals surface area (Å²) < 4.78 is 34.6. The van der Waals surface area contributed by atoms with Gasteiger partial charge >= 0.3 is 0 Å². The van der Waals surface area contributed by atoms with Crippen molar-refractivity contribution in [3.8, 4) is 0 Å². The smallest absolute Gasteiger partial charge is 0.220 e. The second kappa shape index (κ2) is 68.9. The van der Waals surface area contributed by atoms with Gasteiger partial charge in [0.05, 0.1) is 38.6 Å². The summed E-state index contributed by atoms with van der Waals surface area (Å²) in [5, 5.41) is 121. The highest BCUT2D eigenvalue weighted by molar-refractivity contribution is 5.76. The standard InChI is InChI=1S/C88H169NO18/c1-3-5-7-9-11-13-15-17-19-21-23-25-26-27-28-29-30-31-32-33-34-35-36-37-38-39-40-41-42-43-44-46-48-50-52-54-56-58-60-62-64-66-76(94)89-71(72(93)65-63-61-59-57-55-53-51-49-47-45-24-22-20-18-16-14-12-10-8-6-4-2)70-102-86-82(100)79(97)84(74(68-91)104-86)107-88-83(101)80(98)85(75(69-92)105-88)106-87-81(99)78(96)77(95)73(67-90)103-87/h21,23,71-75,77-88,90-93,95-101H,3-20,22,24-70H2,1-2H3,(H,89,94)/b23-21-. The SMILES string of the molecule is CCCCCCCCCC/C=C\CCCCCCCCCCCCCCCCCCCCCCCCCCCCCCCC(=O)NC(COC1OC(CO)C(OC2OC(CO)C(OC3OC(CO)C(O)C(O)C3O)C(O)C2O)C(O)C1O)C(O)CCCCCCCCCCCCCCCCCCCCCCC. The van der Waals surface area contributed by atoms with Crippen molar-refractivity contribution in [2.45, 2.75) is 516 Å². The fourth-order valence-electron chi connectivity index (χ4n) is 15.8. The van der Waals surface area contributed by atoms with Crippen LogP contribution in [-0.2, 0) is 33.2 Å². The average Bonchev–Trinajstić information content (AvgIpc) is 0.782. The van der Waals surface area contributed by atoms with Gasteiger partial charge in [0.1, 0.15) is 73.2 Å². The first-order valence-electron chi connectivity index (χ1n) is 45.4. The first kappa shape index (κ1) is 99.7. The molecule has 19 nitrogen and oxygen atoms in total. The molecular weight excluding hydrogens is 1360 g/mol. The van der Waals surface area contributed by atoms with E-state index in [2.05, 4.69) is 31.3 Å². The molecule has 0 radical (unpaired) electrons. The zero-order valence-corrected chi connectivity index (χ0v) is 68.4. The van der Waals surface area contributed by atoms with Crippen LogP contribution in [0.1, 0.15) is 412 Å². The highest BCUT2D eigenvalue weighted by Gasteiger charge is 2.54. The third-order valence-corrected chi connectivity index (χ3v) is 23.1. The minimum Gasteiger partial charge on any atom is -0.394 e. The largest absolute Gasteiger partial charge is 0.394 e. The van der Waals surface area contributed by atoms with E-state index in [0.29, 0.717) is 12.8 Å². The van der Waals surface area contributed by atoms with Crippen molar-refractivity contribution in [1.82, 2.24) is 5.32 Å². The summed E-state index contributed by atoms with van der Waals surface area (Å²) in [7, 11) is 0. The molecule has 17 unspecified atom stereocenters. The Labute approximate surface area is 652 Å². The lowest BCUT2D eigenvalue weighted by Gasteiger charge is -2.48. The predicted molar refractivity (Wildman–Crippen MR) is 430 cm³/mol. The maximum Gasteiger partial charge on any atom is 0.220 e. The normalized spacial score (nSPS) is 25.5. The van der Waals surface area contributed by atoms with Crippen molar-refractivity contribution in [2.75, 3.05) is 26.4 Å². The predicted octanol–water partition coefficient (Wildman–Crippen LogP) is 17.1. The van der Waals surface area contributed by atoms with E-state index in [0.717, 1.165) is 44.9 Å². The van der Waals surface area contributed by atoms with Gasteiger partial charge in [-0.25, -0.2) is 0 Å². The van der Waals surface area contributed by atoms with Gasteiger partial charge in [-0.05, 0) is 38.5 Å². The molecule has 3 saturated heterocycles. The van der Waals surface area contributed by atoms with Crippen LogP contribution in [0, 0.1) is 0 Å². The van der Waals surface area contributed by atoms with Crippen molar-refractivity contribution in [3.63, 3.8) is 0 Å². The lowest BCUT2D eigenvalue weighted by molar-refractivity contribution is -0.379. The lowest BCUT2D eigenvalue weighted by atomic mass is 9.96. The van der Waals surface area contributed by atoms with Crippen molar-refractivity contribution in [1.29, 1.82) is 0 Å². The van der Waals surface area contributed by atoms with Crippen LogP contribution in [0.3, 0.4) is 0 Å². The highest BCUT2D eigenvalue weighted by Crippen LogP contribution is 2.34. The average molecular weight is 1530 g/mol. The minimum absolute atomic E-state index is 0.232. The van der Waals surface area contributed by atoms with Crippen LogP contribution < -0.4 is 5.32 Å². The summed E-state index contributed by atoms with van der Waals surface area (Å²) in [5.41, 5.74) is 0. The van der Waals surface area contributed by atoms with Crippen LogP contribution in [0.4, 0.5) is 0 Å². The van der Waals surface area contributed by atoms with Gasteiger partial charge in [0.15, 0.2) is 18.9 Å². The number of hydrogen-bond donors (Lipinski definition) is 12. The molecule has 3 rings (SSSR count). The molecule has 3 aliphatic heterocycles. The van der Waals surface area contributed by atoms with E-state index in [1.54, 1.807) is 0 Å². The van der Waals surface area contributed by atoms with Crippen LogP contribution in [0.5, 0.6) is 0 Å². The van der Waals surface area contributed by atoms with E-state index >= 15 is 0 Å². The van der Waals surface area contributed by atoms with E-state index in [-0.39, 0.29) is 18.9 Å². The van der Waals surface area contributed by atoms with Gasteiger partial charge in [0.2, 0.25) is 5.91 Å². The Hall–Kier alpha value is -1.47. The molecule has 3 fully saturated rings. The van der Waals surface area contributed by atoms with Crippen LogP contribution in [0.25, 0.3) is 0 Å². The van der Waals surface area contributed by atoms with Gasteiger partial charge in [0.25, 0.3) is 0 Å². The number of allylic oxidation sites excluding steroid dienone is 2. The molecule has 0 aromatic rings. The topological polar surface area (TPSA) is 307 Å². The number of hydrogen-bond acceptors (Lipinski definition) is 18. The van der Waals surface area contributed by atoms with E-state index in [1.165, 1.54) is 334 Å². The van der Waals surface area contributed by atoms with Gasteiger partial charge in [-0.2, -0.15) is 0 Å². The summed E-state index contributed by atoms with van der Waals surface area (Å²) in [6.07, 6.45) is 57.7. The van der Waals surface area contributed by atoms with Gasteiger partial charge in [0, 0.05) is 6.42 Å². The maximum absolute atomic E-state index is 13.5. The molecule has 17 atom stereocenters. The molecule has 0 aliphatic carbocycles. The van der Waals surface area contributed by atoms with E-state index in [4.69, 9.17) is 28.4 Å². The second-order valence-electron chi connectivity index (χ2n) is 32.8. The molecule has 19 heteroatoms. The number of nitrogens with one attached hydrogen (secondary N) is 1. The van der Waals surface area contributed by atoms with Crippen molar-refractivity contribution in [3.05, 3.63) is 12.2 Å². The number of amides is 1. The van der Waals surface area contributed by atoms with Crippen LogP contribution in [0.15, 0.2) is 12.2 Å². The third-order valence-electron chi connectivity index (χ3n) is 23.1. The number of rotatable bonds is 75. The molecule has 0 saturated carbocycles. The van der Waals surface area contributed by atoms with Crippen molar-refractivity contribution < 1.29 is 89.4 Å². The molecule has 0 aromatic carbocycles. The Morgan fingerprint density at radius 2 is 0.589 bits per heavy atom. The highest BCUT2D eigenvalue weighted by atomic mass is 16.8. The lowest BCUT2D eigenvalue weighted by Crippen LogP contribution is -2.66. The van der Waals surface area contributed by atoms with Crippen LogP contribution in [0.2, 0.25) is 0 Å². The Balaban J connectivity index is 1.27. The van der Waals surface area contributed by atoms with Gasteiger partial charge in [-0.15, -0.1) is 0 Å². The van der Waals surface area contributed by atoms with Crippen molar-refractivity contribution in [2.24, 2.45) is 0 Å². The zero-order chi connectivity index (χ0) is 77.4. The Morgan fingerprint density at radius 1 is 0.327 bits per heavy atom. The van der Waals surface area contributed by atoms with Crippen LogP contribution >= 0.6 is 0 Å². The molecule has 3 aliphatic rings. The Bertz CT molecular complexity index is 1970. The molecule has 0 aromatic heterocycles. The van der Waals surface area contributed by atoms with Gasteiger partial charge in [-0.3, -0.25) is 4.79 Å². The summed E-state index contributed by atoms with van der Waals surface area (Å²) in [6, 6.07) is -0.885. The quantitative estimate of drug-likeness (QED) is 0.0199. The first-order chi connectivity index (χ1) is 52.3. The second-order valence-corrected chi connectivity index (χ2v) is 32.8. The number of aliphatic hydroxyl groups is 11. The molecule has 0 bridgehead atoms. The van der Waals surface area contributed by atoms with E-state index in [1.807, 2.05) is 0 Å². The number of ether oxygens (including phenoxy) is 6. The molecule has 0 spiro atoms. The minimum atomic E-state index is -1.97. The molecule has 1 amide bonds. The Morgan fingerprint density at radius 3 is 0.907 bits per heavy atom. The summed E-state index contributed by atoms with van der Waals surface area (Å²) >= 11 is 0. The molecule has 107 heavy (non-hydrogen) atoms. The van der Waals surface area contributed by atoms with Gasteiger partial charge < -0.3 is 89.9 Å². The zero-order valence-electron chi connectivity index (χ0n) is 68.4. The molecule has 12 N–H and O–H groups in total. The third kappa shape index (κ3) is 47.9. The Kier molecular flexibility index (Phi) is 64.2. The fraction of sp³-hybridized carbons (Fsp3) is 0.966. The van der Waals surface area contributed by atoms with Crippen molar-refractivity contribution >= 4 is 5.91 Å². The fourth-order valence-corrected chi connectivity index (χ4v) is 15.8.